The maximum Gasteiger partial charge on any atom is 0.235 e. The molecule has 0 aromatic heterocycles. The fourth-order valence-electron chi connectivity index (χ4n) is 1.37. The summed E-state index contributed by atoms with van der Waals surface area (Å²) in [6.45, 7) is 1.33. The molecule has 16 heavy (non-hydrogen) atoms. The van der Waals surface area contributed by atoms with Gasteiger partial charge in [0.15, 0.2) is 0 Å². The van der Waals surface area contributed by atoms with Crippen LogP contribution in [0.2, 0.25) is 0 Å². The molecule has 1 aromatic carbocycles. The Morgan fingerprint density at radius 1 is 1.38 bits per heavy atom. The van der Waals surface area contributed by atoms with Crippen molar-refractivity contribution in [3.63, 3.8) is 0 Å². The van der Waals surface area contributed by atoms with Crippen molar-refractivity contribution < 1.29 is 13.5 Å². The van der Waals surface area contributed by atoms with Crippen LogP contribution in [0.4, 0.5) is 11.4 Å². The third kappa shape index (κ3) is 2.65. The zero-order valence-corrected chi connectivity index (χ0v) is 9.94. The van der Waals surface area contributed by atoms with E-state index in [2.05, 4.69) is 0 Å². The van der Waals surface area contributed by atoms with Gasteiger partial charge in [-0.05, 0) is 19.1 Å². The first-order chi connectivity index (χ1) is 7.53. The number of aliphatic hydroxyl groups is 1. The van der Waals surface area contributed by atoms with Gasteiger partial charge in [0, 0.05) is 0 Å². The van der Waals surface area contributed by atoms with Crippen molar-refractivity contribution in [1.29, 1.82) is 0 Å². The zero-order valence-electron chi connectivity index (χ0n) is 9.13. The second kappa shape index (κ2) is 5.18. The number of nitrogen functional groups attached to an aromatic ring is 1. The summed E-state index contributed by atoms with van der Waals surface area (Å²) in [5.74, 6) is -0.0265. The highest BCUT2D eigenvalue weighted by Gasteiger charge is 2.21. The Morgan fingerprint density at radius 3 is 2.50 bits per heavy atom. The molecule has 0 radical (unpaired) electrons. The minimum Gasteiger partial charge on any atom is -0.397 e. The van der Waals surface area contributed by atoms with E-state index in [4.69, 9.17) is 10.8 Å². The first kappa shape index (κ1) is 12.8. The van der Waals surface area contributed by atoms with Gasteiger partial charge in [-0.15, -0.1) is 0 Å². The molecule has 1 rings (SSSR count). The van der Waals surface area contributed by atoms with Gasteiger partial charge in [0.05, 0.1) is 30.3 Å². The summed E-state index contributed by atoms with van der Waals surface area (Å²) in [5.41, 5.74) is 6.51. The normalized spacial score (nSPS) is 11.4. The van der Waals surface area contributed by atoms with E-state index in [1.165, 1.54) is 0 Å². The number of sulfonamides is 1. The third-order valence-electron chi connectivity index (χ3n) is 2.21. The summed E-state index contributed by atoms with van der Waals surface area (Å²) in [6, 6.07) is 6.69. The van der Waals surface area contributed by atoms with Crippen molar-refractivity contribution in [3.8, 4) is 0 Å². The smallest absolute Gasteiger partial charge is 0.235 e. The van der Waals surface area contributed by atoms with Crippen LogP contribution in [-0.4, -0.2) is 32.4 Å². The second-order valence-corrected chi connectivity index (χ2v) is 5.44. The fourth-order valence-corrected chi connectivity index (χ4v) is 2.51. The zero-order chi connectivity index (χ0) is 12.2. The van der Waals surface area contributed by atoms with Gasteiger partial charge in [0.25, 0.3) is 0 Å². The molecule has 0 heterocycles. The van der Waals surface area contributed by atoms with Crippen LogP contribution in [0.25, 0.3) is 0 Å². The Kier molecular flexibility index (Phi) is 4.14. The van der Waals surface area contributed by atoms with Crippen LogP contribution in [0.5, 0.6) is 0 Å². The van der Waals surface area contributed by atoms with Gasteiger partial charge in [-0.1, -0.05) is 12.1 Å². The number of benzene rings is 1. The number of hydrogen-bond acceptors (Lipinski definition) is 4. The first-order valence-corrected chi connectivity index (χ1v) is 6.59. The van der Waals surface area contributed by atoms with Crippen molar-refractivity contribution in [1.82, 2.24) is 0 Å². The molecule has 1 aromatic rings. The van der Waals surface area contributed by atoms with Gasteiger partial charge >= 0.3 is 0 Å². The van der Waals surface area contributed by atoms with E-state index in [0.717, 1.165) is 4.31 Å². The Bertz CT molecular complexity index is 445. The predicted molar refractivity (Wildman–Crippen MR) is 64.7 cm³/mol. The third-order valence-corrected chi connectivity index (χ3v) is 3.99. The van der Waals surface area contributed by atoms with Crippen LogP contribution in [0.15, 0.2) is 24.3 Å². The molecule has 5 nitrogen and oxygen atoms in total. The van der Waals surface area contributed by atoms with Crippen LogP contribution >= 0.6 is 0 Å². The molecule has 0 spiro atoms. The SMILES string of the molecule is CCS(=O)(=O)N(CCO)c1ccccc1N. The van der Waals surface area contributed by atoms with E-state index < -0.39 is 10.0 Å². The molecular weight excluding hydrogens is 228 g/mol. The number of rotatable bonds is 5. The van der Waals surface area contributed by atoms with E-state index in [0.29, 0.717) is 11.4 Å². The Balaban J connectivity index is 3.18. The minimum atomic E-state index is -3.40. The maximum absolute atomic E-state index is 11.8. The molecule has 3 N–H and O–H groups in total. The molecule has 0 aliphatic heterocycles. The average Bonchev–Trinajstić information content (AvgIpc) is 2.27. The molecule has 0 saturated carbocycles. The molecule has 0 amide bonds. The Morgan fingerprint density at radius 2 is 2.00 bits per heavy atom. The van der Waals surface area contributed by atoms with Crippen LogP contribution < -0.4 is 10.0 Å². The lowest BCUT2D eigenvalue weighted by atomic mass is 10.3. The molecule has 6 heteroatoms. The lowest BCUT2D eigenvalue weighted by Gasteiger charge is -2.24. The summed E-state index contributed by atoms with van der Waals surface area (Å²) in [7, 11) is -3.40. The van der Waals surface area contributed by atoms with Crippen molar-refractivity contribution >= 4 is 21.4 Å². The van der Waals surface area contributed by atoms with Gasteiger partial charge in [-0.3, -0.25) is 4.31 Å². The maximum atomic E-state index is 11.8. The largest absolute Gasteiger partial charge is 0.397 e. The highest BCUT2D eigenvalue weighted by Crippen LogP contribution is 2.24. The van der Waals surface area contributed by atoms with Crippen molar-refractivity contribution in [3.05, 3.63) is 24.3 Å². The standard InChI is InChI=1S/C10H16N2O3S/c1-2-16(14,15)12(7-8-13)10-6-4-3-5-9(10)11/h3-6,13H,2,7-8,11H2,1H3. The van der Waals surface area contributed by atoms with Crippen LogP contribution in [-0.2, 0) is 10.0 Å². The topological polar surface area (TPSA) is 83.6 Å². The fraction of sp³-hybridized carbons (Fsp3) is 0.400. The van der Waals surface area contributed by atoms with E-state index in [9.17, 15) is 8.42 Å². The van der Waals surface area contributed by atoms with Crippen LogP contribution in [0.3, 0.4) is 0 Å². The monoisotopic (exact) mass is 244 g/mol. The molecule has 0 fully saturated rings. The highest BCUT2D eigenvalue weighted by atomic mass is 32.2. The quantitative estimate of drug-likeness (QED) is 0.735. The van der Waals surface area contributed by atoms with Crippen molar-refractivity contribution in [2.24, 2.45) is 0 Å². The first-order valence-electron chi connectivity index (χ1n) is 4.98. The number of nitrogens with two attached hydrogens (primary N) is 1. The van der Waals surface area contributed by atoms with E-state index in [1.807, 2.05) is 0 Å². The summed E-state index contributed by atoms with van der Waals surface area (Å²) < 4.78 is 24.7. The summed E-state index contributed by atoms with van der Waals surface area (Å²) in [5, 5.41) is 8.90. The molecule has 0 aliphatic carbocycles. The van der Waals surface area contributed by atoms with Gasteiger partial charge in [-0.2, -0.15) is 0 Å². The number of hydrogen-bond donors (Lipinski definition) is 2. The lowest BCUT2D eigenvalue weighted by Crippen LogP contribution is -2.35. The molecule has 0 unspecified atom stereocenters. The molecular formula is C10H16N2O3S. The van der Waals surface area contributed by atoms with Gasteiger partial charge in [-0.25, -0.2) is 8.42 Å². The van der Waals surface area contributed by atoms with Gasteiger partial charge < -0.3 is 10.8 Å². The number of nitrogens with zero attached hydrogens (tertiary/aromatic N) is 1. The Hall–Kier alpha value is -1.27. The van der Waals surface area contributed by atoms with E-state index >= 15 is 0 Å². The van der Waals surface area contributed by atoms with Gasteiger partial charge in [0.2, 0.25) is 10.0 Å². The van der Waals surface area contributed by atoms with E-state index in [1.54, 1.807) is 31.2 Å². The molecule has 0 bridgehead atoms. The summed E-state index contributed by atoms with van der Waals surface area (Å²) in [4.78, 5) is 0. The van der Waals surface area contributed by atoms with Crippen molar-refractivity contribution in [2.45, 2.75) is 6.92 Å². The lowest BCUT2D eigenvalue weighted by molar-refractivity contribution is 0.306. The summed E-state index contributed by atoms with van der Waals surface area (Å²) >= 11 is 0. The van der Waals surface area contributed by atoms with Crippen LogP contribution in [0, 0.1) is 0 Å². The minimum absolute atomic E-state index is 0.0182. The number of aliphatic hydroxyl groups excluding tert-OH is 1. The summed E-state index contributed by atoms with van der Waals surface area (Å²) in [6.07, 6.45) is 0. The van der Waals surface area contributed by atoms with Crippen molar-refractivity contribution in [2.75, 3.05) is 28.9 Å². The Labute approximate surface area is 95.5 Å². The average molecular weight is 244 g/mol. The molecule has 90 valence electrons. The van der Waals surface area contributed by atoms with Gasteiger partial charge in [0.1, 0.15) is 0 Å². The molecule has 0 atom stereocenters. The molecule has 0 saturated heterocycles. The highest BCUT2D eigenvalue weighted by molar-refractivity contribution is 7.92. The van der Waals surface area contributed by atoms with E-state index in [-0.39, 0.29) is 18.9 Å². The molecule has 0 aliphatic rings. The number of anilines is 2. The number of para-hydroxylation sites is 2. The second-order valence-electron chi connectivity index (χ2n) is 3.26. The van der Waals surface area contributed by atoms with Crippen LogP contribution in [0.1, 0.15) is 6.92 Å². The predicted octanol–water partition coefficient (Wildman–Crippen LogP) is 0.417.